The van der Waals surface area contributed by atoms with Crippen molar-refractivity contribution in [2.24, 2.45) is 0 Å². The van der Waals surface area contributed by atoms with Gasteiger partial charge in [-0.2, -0.15) is 0 Å². The molecule has 7 heteroatoms. The minimum atomic E-state index is -3.43. The number of rotatable bonds is 5. The Bertz CT molecular complexity index is 936. The lowest BCUT2D eigenvalue weighted by atomic mass is 10.1. The van der Waals surface area contributed by atoms with Crippen LogP contribution in [0.3, 0.4) is 0 Å². The van der Waals surface area contributed by atoms with Gasteiger partial charge in [-0.3, -0.25) is 13.9 Å². The van der Waals surface area contributed by atoms with Gasteiger partial charge in [-0.05, 0) is 43.7 Å². The number of hydrogen-bond acceptors (Lipinski definition) is 4. The number of sulfonamides is 1. The van der Waals surface area contributed by atoms with E-state index >= 15 is 0 Å². The van der Waals surface area contributed by atoms with Gasteiger partial charge in [0.2, 0.25) is 10.0 Å². The Hall–Kier alpha value is -2.67. The lowest BCUT2D eigenvalue weighted by Crippen LogP contribution is -2.26. The molecule has 0 heterocycles. The Morgan fingerprint density at radius 3 is 2.32 bits per heavy atom. The van der Waals surface area contributed by atoms with Crippen molar-refractivity contribution in [1.29, 1.82) is 0 Å². The molecule has 0 aliphatic heterocycles. The molecule has 0 fully saturated rings. The van der Waals surface area contributed by atoms with E-state index in [2.05, 4.69) is 5.32 Å². The summed E-state index contributed by atoms with van der Waals surface area (Å²) in [6.45, 7) is 3.15. The molecule has 6 nitrogen and oxygen atoms in total. The highest BCUT2D eigenvalue weighted by molar-refractivity contribution is 7.92. The summed E-state index contributed by atoms with van der Waals surface area (Å²) in [5, 5.41) is 2.74. The maximum atomic E-state index is 12.6. The highest BCUT2D eigenvalue weighted by atomic mass is 32.2. The van der Waals surface area contributed by atoms with Gasteiger partial charge < -0.3 is 5.32 Å². The number of carbonyl (C=O) groups is 2. The van der Waals surface area contributed by atoms with Gasteiger partial charge in [0.1, 0.15) is 0 Å². The molecule has 132 valence electrons. The molecule has 0 bridgehead atoms. The van der Waals surface area contributed by atoms with Gasteiger partial charge in [-0.25, -0.2) is 8.42 Å². The minimum absolute atomic E-state index is 0.0935. The van der Waals surface area contributed by atoms with Crippen LogP contribution in [0.15, 0.2) is 42.5 Å². The van der Waals surface area contributed by atoms with E-state index < -0.39 is 10.0 Å². The van der Waals surface area contributed by atoms with Crippen LogP contribution in [0.25, 0.3) is 0 Å². The maximum Gasteiger partial charge on any atom is 0.256 e. The van der Waals surface area contributed by atoms with Gasteiger partial charge in [-0.15, -0.1) is 0 Å². The first-order chi connectivity index (χ1) is 11.6. The van der Waals surface area contributed by atoms with E-state index in [4.69, 9.17) is 0 Å². The molecule has 0 spiro atoms. The third kappa shape index (κ3) is 4.24. The normalized spacial score (nSPS) is 11.0. The van der Waals surface area contributed by atoms with Crippen molar-refractivity contribution in [3.8, 4) is 0 Å². The van der Waals surface area contributed by atoms with Crippen molar-refractivity contribution in [2.75, 3.05) is 22.9 Å². The third-order valence-electron chi connectivity index (χ3n) is 3.91. The Morgan fingerprint density at radius 2 is 1.72 bits per heavy atom. The topological polar surface area (TPSA) is 83.6 Å². The predicted molar refractivity (Wildman–Crippen MR) is 98.8 cm³/mol. The fraction of sp³-hybridized carbons (Fsp3) is 0.222. The highest BCUT2D eigenvalue weighted by Gasteiger charge is 2.18. The Labute approximate surface area is 147 Å². The average Bonchev–Trinajstić information content (AvgIpc) is 2.53. The summed E-state index contributed by atoms with van der Waals surface area (Å²) in [6.07, 6.45) is 1.10. The van der Waals surface area contributed by atoms with E-state index in [0.29, 0.717) is 28.1 Å². The van der Waals surface area contributed by atoms with Crippen molar-refractivity contribution < 1.29 is 18.0 Å². The third-order valence-corrected chi connectivity index (χ3v) is 5.11. The van der Waals surface area contributed by atoms with Gasteiger partial charge in [0, 0.05) is 23.9 Å². The summed E-state index contributed by atoms with van der Waals surface area (Å²) in [6, 6.07) is 11.5. The molecule has 0 saturated carbocycles. The van der Waals surface area contributed by atoms with Crippen molar-refractivity contribution in [1.82, 2.24) is 0 Å². The fourth-order valence-corrected chi connectivity index (χ4v) is 2.96. The van der Waals surface area contributed by atoms with Crippen molar-refractivity contribution in [3.05, 3.63) is 59.2 Å². The zero-order valence-corrected chi connectivity index (χ0v) is 15.3. The zero-order chi connectivity index (χ0) is 18.8. The smallest absolute Gasteiger partial charge is 0.256 e. The van der Waals surface area contributed by atoms with Gasteiger partial charge >= 0.3 is 0 Å². The maximum absolute atomic E-state index is 12.6. The lowest BCUT2D eigenvalue weighted by molar-refractivity contribution is 0.101. The summed E-state index contributed by atoms with van der Waals surface area (Å²) in [5.41, 5.74) is 2.35. The molecule has 0 aliphatic rings. The number of anilines is 2. The average molecular weight is 360 g/mol. The molecule has 0 aliphatic carbocycles. The van der Waals surface area contributed by atoms with Gasteiger partial charge in [0.25, 0.3) is 5.91 Å². The molecule has 1 N–H and O–H groups in total. The highest BCUT2D eigenvalue weighted by Crippen LogP contribution is 2.25. The number of ketones is 1. The largest absolute Gasteiger partial charge is 0.322 e. The number of nitrogens with one attached hydrogen (secondary N) is 1. The van der Waals surface area contributed by atoms with E-state index in [1.54, 1.807) is 49.4 Å². The Kier molecular flexibility index (Phi) is 5.27. The summed E-state index contributed by atoms with van der Waals surface area (Å²) in [4.78, 5) is 24.0. The second-order valence-electron chi connectivity index (χ2n) is 5.77. The van der Waals surface area contributed by atoms with Crippen LogP contribution in [0.1, 0.15) is 33.2 Å². The minimum Gasteiger partial charge on any atom is -0.322 e. The lowest BCUT2D eigenvalue weighted by Gasteiger charge is -2.20. The fourth-order valence-electron chi connectivity index (χ4n) is 2.40. The molecule has 25 heavy (non-hydrogen) atoms. The first-order valence-corrected chi connectivity index (χ1v) is 9.42. The zero-order valence-electron chi connectivity index (χ0n) is 14.5. The molecule has 0 radical (unpaired) electrons. The molecule has 0 aromatic heterocycles. The van der Waals surface area contributed by atoms with E-state index in [1.165, 1.54) is 14.0 Å². The van der Waals surface area contributed by atoms with Crippen LogP contribution < -0.4 is 9.62 Å². The number of Topliss-reactive ketones (excluding diaryl/α,β-unsaturated/α-hetero) is 1. The number of benzene rings is 2. The second kappa shape index (κ2) is 7.06. The first-order valence-electron chi connectivity index (χ1n) is 7.57. The molecule has 0 saturated heterocycles. The summed E-state index contributed by atoms with van der Waals surface area (Å²) >= 11 is 0. The Balaban J connectivity index is 2.35. The van der Waals surface area contributed by atoms with Crippen LogP contribution in [0, 0.1) is 6.92 Å². The van der Waals surface area contributed by atoms with Gasteiger partial charge in [0.05, 0.1) is 11.9 Å². The summed E-state index contributed by atoms with van der Waals surface area (Å²) < 4.78 is 24.6. The van der Waals surface area contributed by atoms with Crippen LogP contribution in [0.2, 0.25) is 0 Å². The summed E-state index contributed by atoms with van der Waals surface area (Å²) in [7, 11) is -1.99. The van der Waals surface area contributed by atoms with E-state index in [0.717, 1.165) is 10.6 Å². The Morgan fingerprint density at radius 1 is 1.08 bits per heavy atom. The number of hydrogen-bond donors (Lipinski definition) is 1. The molecule has 0 atom stereocenters. The standard InChI is InChI=1S/C18H20N2O4S/c1-12-16(9-6-10-17(12)20(3)25(4,23)24)18(22)19-15-8-5-7-14(11-15)13(2)21/h5-11H,1-4H3,(H,19,22). The van der Waals surface area contributed by atoms with Crippen LogP contribution in [-0.2, 0) is 10.0 Å². The number of amides is 1. The molecule has 1 amide bonds. The first kappa shape index (κ1) is 18.7. The molecule has 0 unspecified atom stereocenters. The van der Waals surface area contributed by atoms with Crippen molar-refractivity contribution in [3.63, 3.8) is 0 Å². The van der Waals surface area contributed by atoms with Gasteiger partial charge in [-0.1, -0.05) is 18.2 Å². The number of nitrogens with zero attached hydrogens (tertiary/aromatic N) is 1. The predicted octanol–water partition coefficient (Wildman–Crippen LogP) is 2.85. The van der Waals surface area contributed by atoms with Crippen LogP contribution >= 0.6 is 0 Å². The molecular weight excluding hydrogens is 340 g/mol. The summed E-state index contributed by atoms with van der Waals surface area (Å²) in [5.74, 6) is -0.467. The SMILES string of the molecule is CC(=O)c1cccc(NC(=O)c2cccc(N(C)S(C)(=O)=O)c2C)c1. The van der Waals surface area contributed by atoms with Crippen molar-refractivity contribution in [2.45, 2.75) is 13.8 Å². The van der Waals surface area contributed by atoms with Gasteiger partial charge in [0.15, 0.2) is 5.78 Å². The van der Waals surface area contributed by atoms with Crippen LogP contribution in [-0.4, -0.2) is 33.4 Å². The monoisotopic (exact) mass is 360 g/mol. The quantitative estimate of drug-likeness (QED) is 0.831. The second-order valence-corrected chi connectivity index (χ2v) is 7.79. The van der Waals surface area contributed by atoms with E-state index in [-0.39, 0.29) is 11.7 Å². The van der Waals surface area contributed by atoms with Crippen LogP contribution in [0.4, 0.5) is 11.4 Å². The molecule has 2 aromatic rings. The van der Waals surface area contributed by atoms with Crippen LogP contribution in [0.5, 0.6) is 0 Å². The van der Waals surface area contributed by atoms with E-state index in [9.17, 15) is 18.0 Å². The molecule has 2 aromatic carbocycles. The van der Waals surface area contributed by atoms with E-state index in [1.807, 2.05) is 0 Å². The molecular formula is C18H20N2O4S. The number of carbonyl (C=O) groups excluding carboxylic acids is 2. The molecule has 2 rings (SSSR count). The van der Waals surface area contributed by atoms with Crippen molar-refractivity contribution >= 4 is 33.1 Å².